The summed E-state index contributed by atoms with van der Waals surface area (Å²) in [5.41, 5.74) is 2.85. The lowest BCUT2D eigenvalue weighted by molar-refractivity contribution is 0.415. The highest BCUT2D eigenvalue weighted by atomic mass is 35.5. The number of imidazole rings is 1. The van der Waals surface area contributed by atoms with Crippen molar-refractivity contribution in [3.05, 3.63) is 42.7 Å². The number of nitrogens with one attached hydrogen (secondary N) is 1. The van der Waals surface area contributed by atoms with Crippen LogP contribution in [0.1, 0.15) is 0 Å². The minimum atomic E-state index is 0. The van der Waals surface area contributed by atoms with Gasteiger partial charge in [0, 0.05) is 11.8 Å². The predicted octanol–water partition coefficient (Wildman–Crippen LogP) is 3.06. The zero-order chi connectivity index (χ0) is 11.7. The third-order valence-electron chi connectivity index (χ3n) is 2.63. The van der Waals surface area contributed by atoms with Gasteiger partial charge in [-0.1, -0.05) is 12.1 Å². The Bertz CT molecular complexity index is 633. The Hall–Kier alpha value is -2.07. The van der Waals surface area contributed by atoms with Gasteiger partial charge in [0.2, 0.25) is 0 Å². The lowest BCUT2D eigenvalue weighted by Crippen LogP contribution is -1.84. The van der Waals surface area contributed by atoms with Gasteiger partial charge < -0.3 is 9.72 Å². The molecule has 92 valence electrons. The van der Waals surface area contributed by atoms with Crippen molar-refractivity contribution >= 4 is 23.4 Å². The number of halogens is 1. The molecule has 0 aliphatic heterocycles. The third kappa shape index (κ3) is 2.15. The van der Waals surface area contributed by atoms with Crippen molar-refractivity contribution in [3.8, 4) is 17.1 Å². The van der Waals surface area contributed by atoms with E-state index in [9.17, 15) is 0 Å². The molecule has 1 aromatic carbocycles. The average molecular weight is 262 g/mol. The molecule has 0 atom stereocenters. The second kappa shape index (κ2) is 5.06. The van der Waals surface area contributed by atoms with Gasteiger partial charge in [0.15, 0.2) is 0 Å². The lowest BCUT2D eigenvalue weighted by Gasteiger charge is -2.01. The maximum absolute atomic E-state index is 5.20. The molecule has 0 saturated carbocycles. The first-order valence-electron chi connectivity index (χ1n) is 5.31. The van der Waals surface area contributed by atoms with Gasteiger partial charge in [-0.2, -0.15) is 0 Å². The number of rotatable bonds is 2. The zero-order valence-electron chi connectivity index (χ0n) is 9.75. The first kappa shape index (κ1) is 12.4. The number of benzene rings is 1. The van der Waals surface area contributed by atoms with Crippen LogP contribution in [0.4, 0.5) is 0 Å². The summed E-state index contributed by atoms with van der Waals surface area (Å²) < 4.78 is 5.20. The highest BCUT2D eigenvalue weighted by Gasteiger charge is 2.05. The number of pyridine rings is 1. The molecule has 2 heterocycles. The molecule has 0 bridgehead atoms. The lowest BCUT2D eigenvalue weighted by atomic mass is 10.2. The summed E-state index contributed by atoms with van der Waals surface area (Å²) in [6.45, 7) is 0. The van der Waals surface area contributed by atoms with Gasteiger partial charge in [0.1, 0.15) is 17.1 Å². The van der Waals surface area contributed by atoms with Gasteiger partial charge in [-0.05, 0) is 18.2 Å². The van der Waals surface area contributed by atoms with Crippen molar-refractivity contribution in [2.24, 2.45) is 0 Å². The predicted molar refractivity (Wildman–Crippen MR) is 73.1 cm³/mol. The van der Waals surface area contributed by atoms with Gasteiger partial charge in [-0.3, -0.25) is 4.98 Å². The van der Waals surface area contributed by atoms with Crippen LogP contribution in [-0.4, -0.2) is 22.1 Å². The van der Waals surface area contributed by atoms with Crippen LogP contribution in [0.5, 0.6) is 5.75 Å². The SMILES string of the molecule is COc1cccc(-c2nc3cnccc3[nH]2)c1.Cl. The molecule has 0 aliphatic carbocycles. The zero-order valence-corrected chi connectivity index (χ0v) is 10.6. The Morgan fingerprint density at radius 3 is 2.89 bits per heavy atom. The minimum Gasteiger partial charge on any atom is -0.497 e. The van der Waals surface area contributed by atoms with Crippen LogP contribution in [0.3, 0.4) is 0 Å². The number of hydrogen-bond acceptors (Lipinski definition) is 3. The van der Waals surface area contributed by atoms with Crippen molar-refractivity contribution in [3.63, 3.8) is 0 Å². The van der Waals surface area contributed by atoms with Gasteiger partial charge in [-0.15, -0.1) is 12.4 Å². The molecule has 0 unspecified atom stereocenters. The molecule has 4 nitrogen and oxygen atoms in total. The van der Waals surface area contributed by atoms with Crippen LogP contribution in [-0.2, 0) is 0 Å². The smallest absolute Gasteiger partial charge is 0.138 e. The molecule has 2 aromatic heterocycles. The van der Waals surface area contributed by atoms with E-state index in [0.717, 1.165) is 28.2 Å². The fourth-order valence-corrected chi connectivity index (χ4v) is 1.76. The van der Waals surface area contributed by atoms with Gasteiger partial charge >= 0.3 is 0 Å². The first-order valence-corrected chi connectivity index (χ1v) is 5.31. The van der Waals surface area contributed by atoms with Crippen LogP contribution in [0, 0.1) is 0 Å². The largest absolute Gasteiger partial charge is 0.497 e. The molecule has 18 heavy (non-hydrogen) atoms. The topological polar surface area (TPSA) is 50.8 Å². The number of aromatic amines is 1. The quantitative estimate of drug-likeness (QED) is 0.771. The Morgan fingerprint density at radius 1 is 1.22 bits per heavy atom. The number of methoxy groups -OCH3 is 1. The summed E-state index contributed by atoms with van der Waals surface area (Å²) in [6, 6.07) is 9.71. The standard InChI is InChI=1S/C13H11N3O.ClH/c1-17-10-4-2-3-9(7-10)13-15-11-5-6-14-8-12(11)16-13;/h2-8H,1H3,(H,15,16);1H. The Kier molecular flexibility index (Phi) is 3.48. The maximum Gasteiger partial charge on any atom is 0.138 e. The van der Waals surface area contributed by atoms with Crippen molar-refractivity contribution in [2.75, 3.05) is 7.11 Å². The van der Waals surface area contributed by atoms with Crippen LogP contribution >= 0.6 is 12.4 Å². The fourth-order valence-electron chi connectivity index (χ4n) is 1.76. The summed E-state index contributed by atoms with van der Waals surface area (Å²) >= 11 is 0. The molecule has 3 aromatic rings. The van der Waals surface area contributed by atoms with Crippen LogP contribution in [0.15, 0.2) is 42.7 Å². The molecule has 0 fully saturated rings. The number of hydrogen-bond donors (Lipinski definition) is 1. The molecule has 3 rings (SSSR count). The van der Waals surface area contributed by atoms with E-state index in [1.807, 2.05) is 30.3 Å². The number of fused-ring (bicyclic) bond motifs is 1. The van der Waals surface area contributed by atoms with E-state index in [4.69, 9.17) is 4.74 Å². The van der Waals surface area contributed by atoms with Crippen molar-refractivity contribution in [1.82, 2.24) is 15.0 Å². The molecule has 0 spiro atoms. The second-order valence-electron chi connectivity index (χ2n) is 3.71. The highest BCUT2D eigenvalue weighted by molar-refractivity contribution is 5.85. The number of H-pyrrole nitrogens is 1. The average Bonchev–Trinajstić information content (AvgIpc) is 2.82. The molecule has 5 heteroatoms. The minimum absolute atomic E-state index is 0. The summed E-state index contributed by atoms with van der Waals surface area (Å²) in [6.07, 6.45) is 3.49. The second-order valence-corrected chi connectivity index (χ2v) is 3.71. The molecule has 1 N–H and O–H groups in total. The summed E-state index contributed by atoms with van der Waals surface area (Å²) in [5.74, 6) is 1.65. The van der Waals surface area contributed by atoms with E-state index in [1.54, 1.807) is 19.5 Å². The van der Waals surface area contributed by atoms with Crippen molar-refractivity contribution < 1.29 is 4.74 Å². The van der Waals surface area contributed by atoms with Gasteiger partial charge in [-0.25, -0.2) is 4.98 Å². The fraction of sp³-hybridized carbons (Fsp3) is 0.0769. The van der Waals surface area contributed by atoms with Crippen molar-refractivity contribution in [2.45, 2.75) is 0 Å². The van der Waals surface area contributed by atoms with Gasteiger partial charge in [0.25, 0.3) is 0 Å². The van der Waals surface area contributed by atoms with Crippen LogP contribution < -0.4 is 4.74 Å². The summed E-state index contributed by atoms with van der Waals surface area (Å²) in [7, 11) is 1.65. The normalized spacial score (nSPS) is 10.1. The van der Waals surface area contributed by atoms with E-state index >= 15 is 0 Å². The third-order valence-corrected chi connectivity index (χ3v) is 2.63. The van der Waals surface area contributed by atoms with Crippen molar-refractivity contribution in [1.29, 1.82) is 0 Å². The summed E-state index contributed by atoms with van der Waals surface area (Å²) in [4.78, 5) is 11.8. The molecular formula is C13H12ClN3O. The monoisotopic (exact) mass is 261 g/mol. The Labute approximate surface area is 110 Å². The number of ether oxygens (including phenoxy) is 1. The molecule has 0 radical (unpaired) electrons. The number of nitrogens with zero attached hydrogens (tertiary/aromatic N) is 2. The van der Waals surface area contributed by atoms with Gasteiger partial charge in [0.05, 0.1) is 18.8 Å². The molecule has 0 aliphatic rings. The van der Waals surface area contributed by atoms with E-state index in [1.165, 1.54) is 0 Å². The first-order chi connectivity index (χ1) is 8.36. The van der Waals surface area contributed by atoms with E-state index < -0.39 is 0 Å². The van der Waals surface area contributed by atoms with E-state index in [-0.39, 0.29) is 12.4 Å². The van der Waals surface area contributed by atoms with Crippen LogP contribution in [0.25, 0.3) is 22.4 Å². The summed E-state index contributed by atoms with van der Waals surface area (Å²) in [5, 5.41) is 0. The van der Waals surface area contributed by atoms with E-state index in [0.29, 0.717) is 0 Å². The number of aromatic nitrogens is 3. The molecule has 0 saturated heterocycles. The van der Waals surface area contributed by atoms with Crippen LogP contribution in [0.2, 0.25) is 0 Å². The molecule has 0 amide bonds. The Balaban J connectivity index is 0.00000120. The highest BCUT2D eigenvalue weighted by Crippen LogP contribution is 2.23. The maximum atomic E-state index is 5.20. The molecular weight excluding hydrogens is 250 g/mol. The van der Waals surface area contributed by atoms with E-state index in [2.05, 4.69) is 15.0 Å². The Morgan fingerprint density at radius 2 is 2.11 bits per heavy atom.